The molecular weight excluding hydrogens is 332 g/mol. The summed E-state index contributed by atoms with van der Waals surface area (Å²) in [6.45, 7) is 0. The van der Waals surface area contributed by atoms with Gasteiger partial charge in [-0.2, -0.15) is 5.10 Å². The van der Waals surface area contributed by atoms with Crippen molar-refractivity contribution in [2.45, 2.75) is 0 Å². The van der Waals surface area contributed by atoms with Crippen molar-refractivity contribution < 1.29 is 4.39 Å². The highest BCUT2D eigenvalue weighted by molar-refractivity contribution is 7.20. The van der Waals surface area contributed by atoms with Gasteiger partial charge in [0, 0.05) is 12.6 Å². The number of benzene rings is 1. The minimum absolute atomic E-state index is 0.306. The van der Waals surface area contributed by atoms with Gasteiger partial charge in [-0.25, -0.2) is 4.39 Å². The highest BCUT2D eigenvalue weighted by Crippen LogP contribution is 2.43. The molecule has 0 bridgehead atoms. The summed E-state index contributed by atoms with van der Waals surface area (Å²) in [7, 11) is 1.74. The lowest BCUT2D eigenvalue weighted by atomic mass is 10.0. The Labute approximate surface area is 134 Å². The summed E-state index contributed by atoms with van der Waals surface area (Å²) in [4.78, 5) is 0. The van der Waals surface area contributed by atoms with E-state index in [-0.39, 0.29) is 5.82 Å². The maximum Gasteiger partial charge on any atom is 0.129 e. The molecule has 2 aromatic heterocycles. The highest BCUT2D eigenvalue weighted by Gasteiger charge is 2.21. The van der Waals surface area contributed by atoms with Crippen molar-refractivity contribution in [3.8, 4) is 22.4 Å². The monoisotopic (exact) mass is 341 g/mol. The van der Waals surface area contributed by atoms with Gasteiger partial charge in [-0.05, 0) is 23.8 Å². The van der Waals surface area contributed by atoms with E-state index in [0.29, 0.717) is 25.7 Å². The number of aryl methyl sites for hydroxylation is 1. The van der Waals surface area contributed by atoms with Gasteiger partial charge in [0.15, 0.2) is 0 Å². The molecule has 0 radical (unpaired) electrons. The van der Waals surface area contributed by atoms with Crippen molar-refractivity contribution in [2.24, 2.45) is 7.05 Å². The van der Waals surface area contributed by atoms with Crippen LogP contribution in [0.15, 0.2) is 30.3 Å². The number of aromatic nitrogens is 2. The Morgan fingerprint density at radius 2 is 1.90 bits per heavy atom. The van der Waals surface area contributed by atoms with E-state index in [1.54, 1.807) is 29.9 Å². The van der Waals surface area contributed by atoms with Crippen LogP contribution in [0.2, 0.25) is 8.67 Å². The molecule has 0 amide bonds. The van der Waals surface area contributed by atoms with E-state index in [9.17, 15) is 4.39 Å². The van der Waals surface area contributed by atoms with Gasteiger partial charge >= 0.3 is 0 Å². The van der Waals surface area contributed by atoms with Gasteiger partial charge in [0.25, 0.3) is 0 Å². The Morgan fingerprint density at radius 1 is 1.24 bits per heavy atom. The zero-order chi connectivity index (χ0) is 15.1. The number of nitrogens with zero attached hydrogens (tertiary/aromatic N) is 2. The average Bonchev–Trinajstić information content (AvgIpc) is 2.92. The fourth-order valence-corrected chi connectivity index (χ4v) is 3.59. The van der Waals surface area contributed by atoms with Crippen LogP contribution in [0.5, 0.6) is 0 Å². The van der Waals surface area contributed by atoms with Crippen molar-refractivity contribution in [3.63, 3.8) is 0 Å². The topological polar surface area (TPSA) is 43.8 Å². The summed E-state index contributed by atoms with van der Waals surface area (Å²) in [6, 6.07) is 7.84. The number of thiophene rings is 1. The van der Waals surface area contributed by atoms with Gasteiger partial charge < -0.3 is 5.73 Å². The van der Waals surface area contributed by atoms with Crippen LogP contribution in [0.1, 0.15) is 0 Å². The van der Waals surface area contributed by atoms with Crippen molar-refractivity contribution >= 4 is 40.4 Å². The summed E-state index contributed by atoms with van der Waals surface area (Å²) >= 11 is 13.5. The smallest absolute Gasteiger partial charge is 0.129 e. The van der Waals surface area contributed by atoms with Gasteiger partial charge in [0.2, 0.25) is 0 Å². The predicted octanol–water partition coefficient (Wildman–Crippen LogP) is 4.84. The summed E-state index contributed by atoms with van der Waals surface area (Å²) < 4.78 is 15.8. The second-order valence-electron chi connectivity index (χ2n) is 4.48. The molecule has 0 atom stereocenters. The van der Waals surface area contributed by atoms with E-state index in [4.69, 9.17) is 28.9 Å². The third-order valence-electron chi connectivity index (χ3n) is 3.14. The van der Waals surface area contributed by atoms with E-state index >= 15 is 0 Å². The van der Waals surface area contributed by atoms with Crippen LogP contribution in [0, 0.1) is 5.82 Å². The molecule has 2 N–H and O–H groups in total. The minimum Gasteiger partial charge on any atom is -0.383 e. The maximum absolute atomic E-state index is 13.1. The lowest BCUT2D eigenvalue weighted by molar-refractivity contribution is 0.628. The van der Waals surface area contributed by atoms with Gasteiger partial charge in [-0.1, -0.05) is 35.3 Å². The first-order valence-electron chi connectivity index (χ1n) is 6.01. The second-order valence-corrected chi connectivity index (χ2v) is 6.76. The van der Waals surface area contributed by atoms with Gasteiger partial charge in [-0.15, -0.1) is 11.3 Å². The van der Waals surface area contributed by atoms with Crippen LogP contribution < -0.4 is 5.73 Å². The fourth-order valence-electron chi connectivity index (χ4n) is 2.13. The van der Waals surface area contributed by atoms with Crippen molar-refractivity contribution in [1.82, 2.24) is 9.78 Å². The number of rotatable bonds is 2. The third-order valence-corrected chi connectivity index (χ3v) is 4.62. The Hall–Kier alpha value is -1.56. The first-order valence-corrected chi connectivity index (χ1v) is 7.58. The molecular formula is C14H10Cl2FN3S. The first-order chi connectivity index (χ1) is 9.97. The van der Waals surface area contributed by atoms with Crippen LogP contribution >= 0.6 is 34.5 Å². The van der Waals surface area contributed by atoms with Crippen molar-refractivity contribution in [2.75, 3.05) is 5.73 Å². The standard InChI is InChI=1S/C14H10Cl2FN3S/c1-20-14(18)11(7-2-4-8(17)5-3-7)12(19-20)9-6-10(15)21-13(9)16/h2-6H,18H2,1H3. The van der Waals surface area contributed by atoms with E-state index in [0.717, 1.165) is 11.1 Å². The van der Waals surface area contributed by atoms with Crippen LogP contribution in [0.25, 0.3) is 22.4 Å². The number of nitrogens with two attached hydrogens (primary N) is 1. The molecule has 0 aliphatic heterocycles. The van der Waals surface area contributed by atoms with E-state index in [1.165, 1.54) is 23.5 Å². The molecule has 0 aliphatic rings. The SMILES string of the molecule is Cn1nc(-c2cc(Cl)sc2Cl)c(-c2ccc(F)cc2)c1N. The molecule has 0 saturated heterocycles. The largest absolute Gasteiger partial charge is 0.383 e. The quantitative estimate of drug-likeness (QED) is 0.724. The molecule has 2 heterocycles. The maximum atomic E-state index is 13.1. The summed E-state index contributed by atoms with van der Waals surface area (Å²) in [6.07, 6.45) is 0. The average molecular weight is 342 g/mol. The first kappa shape index (κ1) is 14.4. The molecule has 1 aromatic carbocycles. The number of halogens is 3. The van der Waals surface area contributed by atoms with Crippen LogP contribution in [0.3, 0.4) is 0 Å². The molecule has 0 fully saturated rings. The molecule has 0 saturated carbocycles. The molecule has 108 valence electrons. The van der Waals surface area contributed by atoms with Gasteiger partial charge in [-0.3, -0.25) is 4.68 Å². The third kappa shape index (κ3) is 2.52. The molecule has 0 spiro atoms. The normalized spacial score (nSPS) is 11.0. The van der Waals surface area contributed by atoms with Gasteiger partial charge in [0.05, 0.1) is 9.90 Å². The molecule has 0 unspecified atom stereocenters. The number of anilines is 1. The zero-order valence-corrected chi connectivity index (χ0v) is 13.2. The summed E-state index contributed by atoms with van der Waals surface area (Å²) in [5.74, 6) is 0.175. The predicted molar refractivity (Wildman–Crippen MR) is 86.3 cm³/mol. The van der Waals surface area contributed by atoms with E-state index in [2.05, 4.69) is 5.10 Å². The van der Waals surface area contributed by atoms with Crippen LogP contribution in [0.4, 0.5) is 10.2 Å². The lowest BCUT2D eigenvalue weighted by Crippen LogP contribution is -1.97. The highest BCUT2D eigenvalue weighted by atomic mass is 35.5. The lowest BCUT2D eigenvalue weighted by Gasteiger charge is -2.03. The summed E-state index contributed by atoms with van der Waals surface area (Å²) in [5.41, 5.74) is 8.95. The second kappa shape index (κ2) is 5.33. The molecule has 0 aliphatic carbocycles. The number of hydrogen-bond donors (Lipinski definition) is 1. The molecule has 21 heavy (non-hydrogen) atoms. The van der Waals surface area contributed by atoms with Crippen LogP contribution in [-0.2, 0) is 7.05 Å². The van der Waals surface area contributed by atoms with E-state index in [1.807, 2.05) is 0 Å². The Balaban J connectivity index is 2.25. The Kier molecular flexibility index (Phi) is 3.65. The van der Waals surface area contributed by atoms with E-state index < -0.39 is 0 Å². The van der Waals surface area contributed by atoms with Crippen molar-refractivity contribution in [3.05, 3.63) is 44.8 Å². The molecule has 7 heteroatoms. The zero-order valence-electron chi connectivity index (χ0n) is 10.9. The van der Waals surface area contributed by atoms with Crippen LogP contribution in [-0.4, -0.2) is 9.78 Å². The minimum atomic E-state index is -0.306. The van der Waals surface area contributed by atoms with Gasteiger partial charge in [0.1, 0.15) is 21.7 Å². The molecule has 3 nitrogen and oxygen atoms in total. The fraction of sp³-hybridized carbons (Fsp3) is 0.0714. The Morgan fingerprint density at radius 3 is 2.48 bits per heavy atom. The Bertz CT molecular complexity index is 808. The molecule has 3 aromatic rings. The summed E-state index contributed by atoms with van der Waals surface area (Å²) in [5, 5.41) is 4.41. The van der Waals surface area contributed by atoms with Crippen molar-refractivity contribution in [1.29, 1.82) is 0 Å². The number of nitrogen functional groups attached to an aromatic ring is 1. The molecule has 3 rings (SSSR count). The number of hydrogen-bond acceptors (Lipinski definition) is 3.